The van der Waals surface area contributed by atoms with E-state index in [-0.39, 0.29) is 13.2 Å². The van der Waals surface area contributed by atoms with Crippen LogP contribution in [-0.2, 0) is 4.79 Å². The summed E-state index contributed by atoms with van der Waals surface area (Å²) in [6.45, 7) is -0.140. The van der Waals surface area contributed by atoms with Crippen molar-refractivity contribution in [3.05, 3.63) is 11.9 Å². The van der Waals surface area contributed by atoms with Crippen molar-refractivity contribution in [3.8, 4) is 0 Å². The molecule has 6 nitrogen and oxygen atoms in total. The Kier molecular flexibility index (Phi) is 4.82. The number of nitrogens with two attached hydrogens (primary N) is 3. The van der Waals surface area contributed by atoms with E-state index >= 15 is 0 Å². The van der Waals surface area contributed by atoms with Gasteiger partial charge >= 0.3 is 0 Å². The second-order valence-electron chi connectivity index (χ2n) is 2.32. The normalized spacial score (nSPS) is 11.3. The predicted molar refractivity (Wildman–Crippen MR) is 44.1 cm³/mol. The summed E-state index contributed by atoms with van der Waals surface area (Å²) in [5.74, 6) is 4.76. The van der Waals surface area contributed by atoms with Gasteiger partial charge < -0.3 is 21.6 Å². The van der Waals surface area contributed by atoms with Crippen molar-refractivity contribution in [3.63, 3.8) is 0 Å². The molecule has 1 amide bonds. The number of carbonyl (C=O) groups excluding carboxylic acids is 1. The molecule has 0 fully saturated rings. The van der Waals surface area contributed by atoms with Crippen LogP contribution in [0.1, 0.15) is 6.42 Å². The van der Waals surface area contributed by atoms with Crippen molar-refractivity contribution < 1.29 is 9.90 Å². The number of hydrogen-bond donors (Lipinski definition) is 4. The summed E-state index contributed by atoms with van der Waals surface area (Å²) in [4.78, 5) is 10.3. The molecule has 0 unspecified atom stereocenters. The third-order valence-corrected chi connectivity index (χ3v) is 1.07. The third-order valence-electron chi connectivity index (χ3n) is 1.07. The lowest BCUT2D eigenvalue weighted by molar-refractivity contribution is -0.118. The van der Waals surface area contributed by atoms with Crippen LogP contribution in [0.2, 0.25) is 0 Å². The average molecular weight is 174 g/mol. The molecule has 0 heterocycles. The van der Waals surface area contributed by atoms with E-state index in [0.29, 0.717) is 12.1 Å². The molecule has 0 bridgehead atoms. The van der Waals surface area contributed by atoms with E-state index in [1.54, 1.807) is 0 Å². The highest BCUT2D eigenvalue weighted by Crippen LogP contribution is 1.91. The molecule has 0 aliphatic rings. The number of aliphatic hydroxyl groups is 1. The topological polar surface area (TPSA) is 119 Å². The molecular formula is C6H14N4O2. The largest absolute Gasteiger partial charge is 0.401 e. The molecule has 0 aromatic rings. The maximum Gasteiger partial charge on any atom is 0.238 e. The summed E-state index contributed by atoms with van der Waals surface area (Å²) in [7, 11) is 0. The van der Waals surface area contributed by atoms with Gasteiger partial charge in [-0.1, -0.05) is 0 Å². The number of aliphatic hydroxyl groups excluding tert-OH is 1. The molecule has 0 aliphatic heterocycles. The van der Waals surface area contributed by atoms with E-state index in [9.17, 15) is 4.79 Å². The van der Waals surface area contributed by atoms with Gasteiger partial charge in [0.05, 0.1) is 0 Å². The van der Waals surface area contributed by atoms with Gasteiger partial charge in [0.15, 0.2) is 0 Å². The van der Waals surface area contributed by atoms with Crippen molar-refractivity contribution in [2.75, 3.05) is 13.2 Å². The number of primary amides is 1. The van der Waals surface area contributed by atoms with Crippen molar-refractivity contribution in [2.45, 2.75) is 6.42 Å². The van der Waals surface area contributed by atoms with Crippen LogP contribution < -0.4 is 17.3 Å². The van der Waals surface area contributed by atoms with Crippen molar-refractivity contribution >= 4 is 5.91 Å². The molecule has 0 rings (SSSR count). The van der Waals surface area contributed by atoms with Gasteiger partial charge in [-0.2, -0.15) is 0 Å². The Hall–Kier alpha value is -1.27. The fourth-order valence-electron chi connectivity index (χ4n) is 0.632. The number of hydrazine groups is 1. The van der Waals surface area contributed by atoms with E-state index in [1.807, 2.05) is 0 Å². The minimum absolute atomic E-state index is 0.0489. The summed E-state index contributed by atoms with van der Waals surface area (Å²) in [5, 5.41) is 9.54. The number of nitrogens with zero attached hydrogens (tertiary/aromatic N) is 1. The maximum absolute atomic E-state index is 10.3. The Morgan fingerprint density at radius 1 is 1.50 bits per heavy atom. The van der Waals surface area contributed by atoms with E-state index < -0.39 is 5.91 Å². The van der Waals surface area contributed by atoms with Gasteiger partial charge in [-0.25, -0.2) is 5.84 Å². The summed E-state index contributed by atoms with van der Waals surface area (Å²) in [5.41, 5.74) is 10.7. The zero-order valence-corrected chi connectivity index (χ0v) is 6.73. The standard InChI is InChI=1S/C6H14N4O2/c7-5(1-2-11)3-10(9)4-6(8)12/h3,11H,1-2,4,7,9H2,(H2,8,12)/b5-3-. The minimum Gasteiger partial charge on any atom is -0.401 e. The molecule has 0 aromatic heterocycles. The molecule has 0 aromatic carbocycles. The number of hydrogen-bond acceptors (Lipinski definition) is 5. The summed E-state index contributed by atoms with van der Waals surface area (Å²) in [6.07, 6.45) is 1.69. The first kappa shape index (κ1) is 10.7. The highest BCUT2D eigenvalue weighted by molar-refractivity contribution is 5.75. The van der Waals surface area contributed by atoms with Crippen LogP contribution in [0.5, 0.6) is 0 Å². The minimum atomic E-state index is -0.537. The first-order valence-corrected chi connectivity index (χ1v) is 3.43. The molecule has 0 aliphatic carbocycles. The first-order valence-electron chi connectivity index (χ1n) is 3.43. The summed E-state index contributed by atoms with van der Waals surface area (Å²) in [6, 6.07) is 0. The van der Waals surface area contributed by atoms with E-state index in [2.05, 4.69) is 0 Å². The quantitative estimate of drug-likeness (QED) is 0.279. The van der Waals surface area contributed by atoms with Crippen molar-refractivity contribution in [2.24, 2.45) is 17.3 Å². The van der Waals surface area contributed by atoms with Crippen LogP contribution in [0.25, 0.3) is 0 Å². The van der Waals surface area contributed by atoms with E-state index in [0.717, 1.165) is 5.01 Å². The predicted octanol–water partition coefficient (Wildman–Crippen LogP) is -2.17. The van der Waals surface area contributed by atoms with Crippen LogP contribution in [0.4, 0.5) is 0 Å². The van der Waals surface area contributed by atoms with Gasteiger partial charge in [0.2, 0.25) is 5.91 Å². The van der Waals surface area contributed by atoms with Gasteiger partial charge in [-0.3, -0.25) is 4.79 Å². The first-order chi connectivity index (χ1) is 5.56. The van der Waals surface area contributed by atoms with Gasteiger partial charge in [0.1, 0.15) is 6.54 Å². The maximum atomic E-state index is 10.3. The van der Waals surface area contributed by atoms with E-state index in [4.69, 9.17) is 22.4 Å². The fraction of sp³-hybridized carbons (Fsp3) is 0.500. The smallest absolute Gasteiger partial charge is 0.238 e. The molecular weight excluding hydrogens is 160 g/mol. The molecule has 0 atom stereocenters. The molecule has 0 spiro atoms. The van der Waals surface area contributed by atoms with Gasteiger partial charge in [-0.15, -0.1) is 0 Å². The van der Waals surface area contributed by atoms with Crippen molar-refractivity contribution in [1.29, 1.82) is 0 Å². The number of rotatable bonds is 5. The third kappa shape index (κ3) is 5.51. The molecule has 0 saturated carbocycles. The Morgan fingerprint density at radius 2 is 2.08 bits per heavy atom. The summed E-state index contributed by atoms with van der Waals surface area (Å²) < 4.78 is 0. The molecule has 7 N–H and O–H groups in total. The Bertz CT molecular complexity index is 180. The SMILES string of the molecule is NC(=O)CN(N)/C=C(\N)CCO. The fourth-order valence-corrected chi connectivity index (χ4v) is 0.632. The molecule has 70 valence electrons. The Morgan fingerprint density at radius 3 is 2.50 bits per heavy atom. The highest BCUT2D eigenvalue weighted by atomic mass is 16.3. The zero-order chi connectivity index (χ0) is 9.56. The van der Waals surface area contributed by atoms with Crippen LogP contribution in [0.15, 0.2) is 11.9 Å². The highest BCUT2D eigenvalue weighted by Gasteiger charge is 1.98. The second kappa shape index (κ2) is 5.39. The molecule has 12 heavy (non-hydrogen) atoms. The Balaban J connectivity index is 3.86. The lowest BCUT2D eigenvalue weighted by Crippen LogP contribution is -2.35. The molecule has 0 radical (unpaired) electrons. The lowest BCUT2D eigenvalue weighted by atomic mass is 10.3. The average Bonchev–Trinajstić information content (AvgIpc) is 1.84. The van der Waals surface area contributed by atoms with Gasteiger partial charge in [-0.05, 0) is 0 Å². The van der Waals surface area contributed by atoms with E-state index in [1.165, 1.54) is 6.20 Å². The second-order valence-corrected chi connectivity index (χ2v) is 2.32. The Labute approximate surface area is 70.6 Å². The van der Waals surface area contributed by atoms with Gasteiger partial charge in [0.25, 0.3) is 0 Å². The van der Waals surface area contributed by atoms with Crippen LogP contribution in [0.3, 0.4) is 0 Å². The van der Waals surface area contributed by atoms with Crippen LogP contribution >= 0.6 is 0 Å². The van der Waals surface area contributed by atoms with Crippen molar-refractivity contribution in [1.82, 2.24) is 5.01 Å². The molecule has 6 heteroatoms. The van der Waals surface area contributed by atoms with Crippen LogP contribution in [-0.4, -0.2) is 29.2 Å². The van der Waals surface area contributed by atoms with Crippen LogP contribution in [0, 0.1) is 0 Å². The zero-order valence-electron chi connectivity index (χ0n) is 6.73. The number of carbonyl (C=O) groups is 1. The van der Waals surface area contributed by atoms with Gasteiger partial charge in [0, 0.05) is 24.9 Å². The molecule has 0 saturated heterocycles. The lowest BCUT2D eigenvalue weighted by Gasteiger charge is -2.11. The monoisotopic (exact) mass is 174 g/mol. The summed E-state index contributed by atoms with van der Waals surface area (Å²) >= 11 is 0. The number of amides is 1.